The van der Waals surface area contributed by atoms with Gasteiger partial charge in [0.15, 0.2) is 0 Å². The highest BCUT2D eigenvalue weighted by Crippen LogP contribution is 2.14. The summed E-state index contributed by atoms with van der Waals surface area (Å²) in [4.78, 5) is 18.3. The normalized spacial score (nSPS) is 10.7. The molecular formula is C13H19BrN2O2. The predicted molar refractivity (Wildman–Crippen MR) is 74.4 cm³/mol. The van der Waals surface area contributed by atoms with E-state index in [1.165, 1.54) is 0 Å². The summed E-state index contributed by atoms with van der Waals surface area (Å²) in [5.41, 5.74) is 0.407. The molecule has 0 saturated heterocycles. The molecule has 0 aromatic carbocycles. The summed E-state index contributed by atoms with van der Waals surface area (Å²) in [6.45, 7) is 4.40. The number of hydrogen-bond acceptors (Lipinski definition) is 3. The van der Waals surface area contributed by atoms with Gasteiger partial charge in [-0.15, -0.1) is 0 Å². The monoisotopic (exact) mass is 314 g/mol. The molecule has 100 valence electrons. The molecule has 1 aromatic heterocycles. The molecule has 0 bridgehead atoms. The maximum absolute atomic E-state index is 12.4. The van der Waals surface area contributed by atoms with Crippen molar-refractivity contribution in [3.63, 3.8) is 0 Å². The van der Waals surface area contributed by atoms with Gasteiger partial charge in [0.25, 0.3) is 5.91 Å². The Bertz CT molecular complexity index is 394. The van der Waals surface area contributed by atoms with E-state index in [0.717, 1.165) is 12.8 Å². The molecule has 1 amide bonds. The smallest absolute Gasteiger partial charge is 0.272 e. The zero-order valence-corrected chi connectivity index (χ0v) is 12.4. The van der Waals surface area contributed by atoms with Crippen LogP contribution in [-0.4, -0.2) is 40.1 Å². The van der Waals surface area contributed by atoms with Crippen LogP contribution in [0.15, 0.2) is 22.8 Å². The van der Waals surface area contributed by atoms with E-state index < -0.39 is 0 Å². The Morgan fingerprint density at radius 3 is 2.61 bits per heavy atom. The number of hydrogen-bond donors (Lipinski definition) is 1. The minimum Gasteiger partial charge on any atom is -0.395 e. The lowest BCUT2D eigenvalue weighted by Gasteiger charge is -2.29. The zero-order valence-electron chi connectivity index (χ0n) is 10.8. The Hall–Kier alpha value is -0.940. The second kappa shape index (κ2) is 7.48. The topological polar surface area (TPSA) is 53.4 Å². The van der Waals surface area contributed by atoms with Gasteiger partial charge in [0.2, 0.25) is 0 Å². The summed E-state index contributed by atoms with van der Waals surface area (Å²) in [5, 5.41) is 9.10. The Morgan fingerprint density at radius 2 is 2.11 bits per heavy atom. The lowest BCUT2D eigenvalue weighted by Crippen LogP contribution is -2.41. The number of nitrogens with zero attached hydrogens (tertiary/aromatic N) is 2. The Labute approximate surface area is 116 Å². The maximum atomic E-state index is 12.4. The number of rotatable bonds is 6. The molecule has 0 spiro atoms. The van der Waals surface area contributed by atoms with Gasteiger partial charge in [-0.25, -0.2) is 4.98 Å². The third-order valence-corrected chi connectivity index (χ3v) is 3.36. The predicted octanol–water partition coefficient (Wildman–Crippen LogP) is 2.47. The molecule has 0 aliphatic heterocycles. The first-order chi connectivity index (χ1) is 8.63. The lowest BCUT2D eigenvalue weighted by atomic mass is 10.1. The van der Waals surface area contributed by atoms with E-state index in [1.54, 1.807) is 23.1 Å². The Morgan fingerprint density at radius 1 is 1.44 bits per heavy atom. The van der Waals surface area contributed by atoms with E-state index in [0.29, 0.717) is 16.8 Å². The fourth-order valence-electron chi connectivity index (χ4n) is 1.96. The van der Waals surface area contributed by atoms with Crippen LogP contribution in [0.3, 0.4) is 0 Å². The molecule has 4 nitrogen and oxygen atoms in total. The Balaban J connectivity index is 2.95. The molecule has 0 atom stereocenters. The van der Waals surface area contributed by atoms with E-state index in [4.69, 9.17) is 5.11 Å². The summed E-state index contributed by atoms with van der Waals surface area (Å²) in [6.07, 6.45) is 1.74. The van der Waals surface area contributed by atoms with Crippen LogP contribution >= 0.6 is 15.9 Å². The van der Waals surface area contributed by atoms with Crippen molar-refractivity contribution >= 4 is 21.8 Å². The first-order valence-corrected chi connectivity index (χ1v) is 6.97. The zero-order chi connectivity index (χ0) is 13.5. The molecule has 1 heterocycles. The minimum absolute atomic E-state index is 0.0315. The first-order valence-electron chi connectivity index (χ1n) is 6.18. The third-order valence-electron chi connectivity index (χ3n) is 2.92. The maximum Gasteiger partial charge on any atom is 0.272 e. The molecule has 0 aliphatic carbocycles. The van der Waals surface area contributed by atoms with Crippen molar-refractivity contribution in [3.8, 4) is 0 Å². The average molecular weight is 315 g/mol. The molecule has 1 N–H and O–H groups in total. The van der Waals surface area contributed by atoms with Gasteiger partial charge in [-0.05, 0) is 40.9 Å². The van der Waals surface area contributed by atoms with Crippen molar-refractivity contribution in [2.45, 2.75) is 32.7 Å². The molecule has 0 saturated carbocycles. The molecule has 0 unspecified atom stereocenters. The van der Waals surface area contributed by atoms with Gasteiger partial charge in [-0.1, -0.05) is 19.9 Å². The van der Waals surface area contributed by atoms with Gasteiger partial charge in [0.05, 0.1) is 6.61 Å². The van der Waals surface area contributed by atoms with Gasteiger partial charge in [0.1, 0.15) is 10.3 Å². The van der Waals surface area contributed by atoms with Crippen LogP contribution in [0.2, 0.25) is 0 Å². The molecule has 1 rings (SSSR count). The third kappa shape index (κ3) is 3.78. The number of aliphatic hydroxyl groups is 1. The van der Waals surface area contributed by atoms with Gasteiger partial charge < -0.3 is 10.0 Å². The van der Waals surface area contributed by atoms with Crippen LogP contribution in [0.25, 0.3) is 0 Å². The summed E-state index contributed by atoms with van der Waals surface area (Å²) in [7, 11) is 0. The van der Waals surface area contributed by atoms with Crippen LogP contribution in [0, 0.1) is 0 Å². The highest BCUT2D eigenvalue weighted by molar-refractivity contribution is 9.10. The summed E-state index contributed by atoms with van der Waals surface area (Å²) >= 11 is 3.26. The van der Waals surface area contributed by atoms with E-state index in [2.05, 4.69) is 20.9 Å². The largest absolute Gasteiger partial charge is 0.395 e. The fraction of sp³-hybridized carbons (Fsp3) is 0.538. The van der Waals surface area contributed by atoms with Crippen LogP contribution in [-0.2, 0) is 0 Å². The number of carbonyl (C=O) groups excluding carboxylic acids is 1. The SMILES string of the molecule is CCC(CC)N(CCO)C(=O)c1cccc(Br)n1. The number of carbonyl (C=O) groups is 1. The van der Waals surface area contributed by atoms with Gasteiger partial charge in [0, 0.05) is 12.6 Å². The molecule has 0 fully saturated rings. The molecule has 1 aromatic rings. The fourth-order valence-corrected chi connectivity index (χ4v) is 2.31. The molecule has 0 radical (unpaired) electrons. The van der Waals surface area contributed by atoms with Gasteiger partial charge in [-0.2, -0.15) is 0 Å². The van der Waals surface area contributed by atoms with Crippen LogP contribution in [0.4, 0.5) is 0 Å². The molecule has 5 heteroatoms. The highest BCUT2D eigenvalue weighted by Gasteiger charge is 2.22. The quantitative estimate of drug-likeness (QED) is 0.821. The second-order valence-electron chi connectivity index (χ2n) is 4.04. The summed E-state index contributed by atoms with van der Waals surface area (Å²) in [6, 6.07) is 5.41. The number of aromatic nitrogens is 1. The second-order valence-corrected chi connectivity index (χ2v) is 4.85. The van der Waals surface area contributed by atoms with Crippen LogP contribution < -0.4 is 0 Å². The standard InChI is InChI=1S/C13H19BrN2O2/c1-3-10(4-2)16(8-9-17)13(18)11-6-5-7-12(14)15-11/h5-7,10,17H,3-4,8-9H2,1-2H3. The molecule has 18 heavy (non-hydrogen) atoms. The van der Waals surface area contributed by atoms with Crippen molar-refractivity contribution < 1.29 is 9.90 Å². The number of aliphatic hydroxyl groups excluding tert-OH is 1. The summed E-state index contributed by atoms with van der Waals surface area (Å²) in [5.74, 6) is -0.126. The van der Waals surface area contributed by atoms with Gasteiger partial charge in [-0.3, -0.25) is 4.79 Å². The lowest BCUT2D eigenvalue weighted by molar-refractivity contribution is 0.0616. The van der Waals surface area contributed by atoms with Crippen LogP contribution in [0.5, 0.6) is 0 Å². The van der Waals surface area contributed by atoms with Crippen molar-refractivity contribution in [2.75, 3.05) is 13.2 Å². The van der Waals surface area contributed by atoms with Crippen molar-refractivity contribution in [1.82, 2.24) is 9.88 Å². The number of halogens is 1. The van der Waals surface area contributed by atoms with E-state index in [1.807, 2.05) is 13.8 Å². The van der Waals surface area contributed by atoms with E-state index in [-0.39, 0.29) is 18.6 Å². The van der Waals surface area contributed by atoms with E-state index in [9.17, 15) is 4.79 Å². The molecular weight excluding hydrogens is 296 g/mol. The van der Waals surface area contributed by atoms with Crippen molar-refractivity contribution in [1.29, 1.82) is 0 Å². The Kier molecular flexibility index (Phi) is 6.29. The van der Waals surface area contributed by atoms with E-state index >= 15 is 0 Å². The van der Waals surface area contributed by atoms with Crippen molar-refractivity contribution in [3.05, 3.63) is 28.5 Å². The summed E-state index contributed by atoms with van der Waals surface area (Å²) < 4.78 is 0.641. The highest BCUT2D eigenvalue weighted by atomic mass is 79.9. The number of amides is 1. The van der Waals surface area contributed by atoms with Crippen LogP contribution in [0.1, 0.15) is 37.2 Å². The van der Waals surface area contributed by atoms with Gasteiger partial charge >= 0.3 is 0 Å². The number of pyridine rings is 1. The first kappa shape index (κ1) is 15.1. The van der Waals surface area contributed by atoms with Crippen molar-refractivity contribution in [2.24, 2.45) is 0 Å². The average Bonchev–Trinajstić information content (AvgIpc) is 2.38. The molecule has 0 aliphatic rings. The minimum atomic E-state index is -0.126.